The zero-order valence-corrected chi connectivity index (χ0v) is 19.1. The molecule has 0 saturated carbocycles. The summed E-state index contributed by atoms with van der Waals surface area (Å²) in [6, 6.07) is 5.26. The fourth-order valence-corrected chi connectivity index (χ4v) is 3.68. The molecule has 6 heteroatoms. The topological polar surface area (TPSA) is 56.8 Å². The molecule has 1 rings (SSSR count). The van der Waals surface area contributed by atoms with Gasteiger partial charge in [0.2, 0.25) is 0 Å². The molecule has 0 spiro atoms. The second-order valence-electron chi connectivity index (χ2n) is 8.11. The van der Waals surface area contributed by atoms with Crippen LogP contribution in [0.2, 0.25) is 5.02 Å². The second kappa shape index (κ2) is 11.6. The molecule has 1 atom stereocenters. The van der Waals surface area contributed by atoms with Crippen molar-refractivity contribution in [2.45, 2.75) is 66.1 Å². The number of amides is 1. The van der Waals surface area contributed by atoms with Crippen molar-refractivity contribution in [3.05, 3.63) is 23.2 Å². The van der Waals surface area contributed by atoms with E-state index in [0.29, 0.717) is 54.4 Å². The van der Waals surface area contributed by atoms with Crippen LogP contribution < -0.4 is 10.1 Å². The van der Waals surface area contributed by atoms with Gasteiger partial charge in [-0.15, -0.1) is 0 Å². The molecule has 0 saturated heterocycles. The number of benzene rings is 1. The molecule has 160 valence electrons. The van der Waals surface area contributed by atoms with Crippen LogP contribution in [-0.2, 0) is 14.3 Å². The van der Waals surface area contributed by atoms with Crippen LogP contribution in [0.15, 0.2) is 18.2 Å². The van der Waals surface area contributed by atoms with Crippen molar-refractivity contribution in [2.75, 3.05) is 25.6 Å². The minimum atomic E-state index is -0.855. The van der Waals surface area contributed by atoms with Crippen molar-refractivity contribution < 1.29 is 19.0 Å². The van der Waals surface area contributed by atoms with Gasteiger partial charge in [0.15, 0.2) is 0 Å². The zero-order chi connectivity index (χ0) is 21.3. The van der Waals surface area contributed by atoms with Crippen LogP contribution in [0, 0.1) is 11.8 Å². The third-order valence-corrected chi connectivity index (χ3v) is 4.53. The molecule has 1 unspecified atom stereocenters. The Bertz CT molecular complexity index is 609. The number of carbonyl (C=O) groups excluding carboxylic acids is 1. The standard InChI is InChI=1S/C22H36ClNO4/c1-8-27-22(12-15(2)3,13-16(4)5)21(25)24-18-9-10-20(19(23)11-18)28-17(6)14-26-7/h9-11,15-17H,8,12-14H2,1-7H3,(H,24,25). The van der Waals surface area contributed by atoms with Gasteiger partial charge in [-0.05, 0) is 56.7 Å². The lowest BCUT2D eigenvalue weighted by molar-refractivity contribution is -0.146. The van der Waals surface area contributed by atoms with E-state index in [-0.39, 0.29) is 12.0 Å². The summed E-state index contributed by atoms with van der Waals surface area (Å²) >= 11 is 6.35. The Hall–Kier alpha value is -1.30. The van der Waals surface area contributed by atoms with Gasteiger partial charge in [0, 0.05) is 19.4 Å². The van der Waals surface area contributed by atoms with Gasteiger partial charge in [-0.3, -0.25) is 4.79 Å². The van der Waals surface area contributed by atoms with Crippen LogP contribution >= 0.6 is 11.6 Å². The van der Waals surface area contributed by atoms with Crippen LogP contribution in [0.4, 0.5) is 5.69 Å². The Labute approximate surface area is 175 Å². The molecule has 0 aromatic heterocycles. The van der Waals surface area contributed by atoms with E-state index in [1.54, 1.807) is 25.3 Å². The predicted molar refractivity (Wildman–Crippen MR) is 115 cm³/mol. The van der Waals surface area contributed by atoms with Crippen molar-refractivity contribution in [1.29, 1.82) is 0 Å². The van der Waals surface area contributed by atoms with E-state index in [2.05, 4.69) is 33.0 Å². The molecule has 28 heavy (non-hydrogen) atoms. The maximum Gasteiger partial charge on any atom is 0.256 e. The summed E-state index contributed by atoms with van der Waals surface area (Å²) in [7, 11) is 1.62. The van der Waals surface area contributed by atoms with Crippen LogP contribution in [0.1, 0.15) is 54.4 Å². The Balaban J connectivity index is 3.01. The maximum atomic E-state index is 13.2. The molecule has 1 aromatic carbocycles. The molecule has 0 radical (unpaired) electrons. The lowest BCUT2D eigenvalue weighted by atomic mass is 9.83. The molecule has 5 nitrogen and oxygen atoms in total. The molecule has 1 amide bonds. The fraction of sp³-hybridized carbons (Fsp3) is 0.682. The van der Waals surface area contributed by atoms with Crippen molar-refractivity contribution in [3.63, 3.8) is 0 Å². The molecule has 0 aliphatic heterocycles. The van der Waals surface area contributed by atoms with Crippen LogP contribution in [-0.4, -0.2) is 37.9 Å². The number of nitrogens with one attached hydrogen (secondary N) is 1. The summed E-state index contributed by atoms with van der Waals surface area (Å²) in [5, 5.41) is 3.44. The first-order valence-electron chi connectivity index (χ1n) is 10.0. The normalized spacial score (nSPS) is 13.1. The van der Waals surface area contributed by atoms with E-state index < -0.39 is 5.60 Å². The largest absolute Gasteiger partial charge is 0.487 e. The average molecular weight is 414 g/mol. The maximum absolute atomic E-state index is 13.2. The number of halogens is 1. The first-order valence-corrected chi connectivity index (χ1v) is 10.4. The van der Waals surface area contributed by atoms with Crippen LogP contribution in [0.25, 0.3) is 0 Å². The van der Waals surface area contributed by atoms with Gasteiger partial charge in [0.05, 0.1) is 11.6 Å². The van der Waals surface area contributed by atoms with E-state index in [9.17, 15) is 4.79 Å². The predicted octanol–water partition coefficient (Wildman–Crippen LogP) is 5.56. The highest BCUT2D eigenvalue weighted by molar-refractivity contribution is 6.32. The quantitative estimate of drug-likeness (QED) is 0.487. The lowest BCUT2D eigenvalue weighted by Crippen LogP contribution is -2.47. The van der Waals surface area contributed by atoms with Crippen molar-refractivity contribution in [3.8, 4) is 5.75 Å². The summed E-state index contributed by atoms with van der Waals surface area (Å²) in [6.45, 7) is 13.2. The first-order chi connectivity index (χ1) is 13.1. The number of hydrogen-bond donors (Lipinski definition) is 1. The SMILES string of the molecule is CCOC(CC(C)C)(CC(C)C)C(=O)Nc1ccc(OC(C)COC)c(Cl)c1. The molecule has 0 aliphatic carbocycles. The third kappa shape index (κ3) is 7.61. The van der Waals surface area contributed by atoms with Gasteiger partial charge >= 0.3 is 0 Å². The molecular formula is C22H36ClNO4. The van der Waals surface area contributed by atoms with E-state index >= 15 is 0 Å². The van der Waals surface area contributed by atoms with Gasteiger partial charge < -0.3 is 19.5 Å². The molecule has 0 heterocycles. The molecule has 1 N–H and O–H groups in total. The number of anilines is 1. The summed E-state index contributed by atoms with van der Waals surface area (Å²) in [6.07, 6.45) is 1.20. The molecule has 0 bridgehead atoms. The minimum absolute atomic E-state index is 0.120. The van der Waals surface area contributed by atoms with Gasteiger partial charge in [-0.1, -0.05) is 39.3 Å². The van der Waals surface area contributed by atoms with E-state index in [1.165, 1.54) is 0 Å². The van der Waals surface area contributed by atoms with Gasteiger partial charge in [-0.25, -0.2) is 0 Å². The molecule has 0 aliphatic rings. The minimum Gasteiger partial charge on any atom is -0.487 e. The highest BCUT2D eigenvalue weighted by Gasteiger charge is 2.40. The number of methoxy groups -OCH3 is 1. The third-order valence-electron chi connectivity index (χ3n) is 4.23. The van der Waals surface area contributed by atoms with E-state index in [4.69, 9.17) is 25.8 Å². The van der Waals surface area contributed by atoms with Crippen LogP contribution in [0.5, 0.6) is 5.75 Å². The van der Waals surface area contributed by atoms with Crippen molar-refractivity contribution in [2.24, 2.45) is 11.8 Å². The summed E-state index contributed by atoms with van der Waals surface area (Å²) in [4.78, 5) is 13.2. The monoisotopic (exact) mass is 413 g/mol. The Kier molecular flexibility index (Phi) is 10.3. The highest BCUT2D eigenvalue weighted by atomic mass is 35.5. The Morgan fingerprint density at radius 2 is 1.75 bits per heavy atom. The summed E-state index contributed by atoms with van der Waals surface area (Å²) in [5.74, 6) is 1.09. The lowest BCUT2D eigenvalue weighted by Gasteiger charge is -2.35. The smallest absolute Gasteiger partial charge is 0.256 e. The fourth-order valence-electron chi connectivity index (χ4n) is 3.45. The zero-order valence-electron chi connectivity index (χ0n) is 18.3. The molecule has 0 fully saturated rings. The highest BCUT2D eigenvalue weighted by Crippen LogP contribution is 2.33. The molecular weight excluding hydrogens is 378 g/mol. The number of ether oxygens (including phenoxy) is 3. The van der Waals surface area contributed by atoms with Crippen molar-refractivity contribution in [1.82, 2.24) is 0 Å². The number of rotatable bonds is 12. The average Bonchev–Trinajstić information content (AvgIpc) is 2.56. The first kappa shape index (κ1) is 24.7. The van der Waals surface area contributed by atoms with Crippen molar-refractivity contribution >= 4 is 23.2 Å². The number of hydrogen-bond acceptors (Lipinski definition) is 4. The Morgan fingerprint density at radius 3 is 2.21 bits per heavy atom. The van der Waals surface area contributed by atoms with Gasteiger partial charge in [-0.2, -0.15) is 0 Å². The van der Waals surface area contributed by atoms with E-state index in [1.807, 2.05) is 13.8 Å². The van der Waals surface area contributed by atoms with E-state index in [0.717, 1.165) is 0 Å². The summed E-state index contributed by atoms with van der Waals surface area (Å²) in [5.41, 5.74) is -0.232. The van der Waals surface area contributed by atoms with Gasteiger partial charge in [0.25, 0.3) is 5.91 Å². The summed E-state index contributed by atoms with van der Waals surface area (Å²) < 4.78 is 16.9. The van der Waals surface area contributed by atoms with Crippen LogP contribution in [0.3, 0.4) is 0 Å². The Morgan fingerprint density at radius 1 is 1.14 bits per heavy atom. The number of carbonyl (C=O) groups is 1. The molecule has 1 aromatic rings. The van der Waals surface area contributed by atoms with Gasteiger partial charge in [0.1, 0.15) is 17.5 Å². The second-order valence-corrected chi connectivity index (χ2v) is 8.51.